The Balaban J connectivity index is 1.88. The first-order valence-electron chi connectivity index (χ1n) is 8.60. The minimum atomic E-state index is -1.31. The predicted octanol–water partition coefficient (Wildman–Crippen LogP) is -0.412. The molecule has 0 saturated carbocycles. The highest BCUT2D eigenvalue weighted by Crippen LogP contribution is 2.22. The third-order valence-electron chi connectivity index (χ3n) is 4.30. The van der Waals surface area contributed by atoms with Crippen LogP contribution in [0.3, 0.4) is 0 Å². The summed E-state index contributed by atoms with van der Waals surface area (Å²) >= 11 is 0. The number of carbonyl (C=O) groups is 1. The van der Waals surface area contributed by atoms with Crippen molar-refractivity contribution in [3.05, 3.63) is 29.8 Å². The number of methoxy groups -OCH3 is 1. The number of hydrogen-bond acceptors (Lipinski definition) is 7. The fraction of sp³-hybridized carbons (Fsp3) is 0.611. The van der Waals surface area contributed by atoms with Crippen LogP contribution < -0.4 is 10.1 Å². The number of ether oxygens (including phenoxy) is 3. The molecule has 1 aliphatic heterocycles. The summed E-state index contributed by atoms with van der Waals surface area (Å²) in [6.07, 6.45) is -3.06. The molecule has 1 fully saturated rings. The number of carbonyl (C=O) groups excluding carboxylic acids is 1. The summed E-state index contributed by atoms with van der Waals surface area (Å²) in [5.41, 5.74) is 1.13. The van der Waals surface area contributed by atoms with E-state index in [0.29, 0.717) is 13.0 Å². The van der Waals surface area contributed by atoms with Gasteiger partial charge in [0.1, 0.15) is 30.1 Å². The molecule has 0 spiro atoms. The first-order chi connectivity index (χ1) is 12.5. The Hall–Kier alpha value is -1.71. The number of nitrogens with one attached hydrogen (secondary N) is 1. The van der Waals surface area contributed by atoms with E-state index < -0.39 is 37.3 Å². The lowest BCUT2D eigenvalue weighted by Crippen LogP contribution is -2.64. The monoisotopic (exact) mass is 369 g/mol. The van der Waals surface area contributed by atoms with E-state index in [4.69, 9.17) is 14.2 Å². The van der Waals surface area contributed by atoms with Gasteiger partial charge in [-0.2, -0.15) is 0 Å². The van der Waals surface area contributed by atoms with Gasteiger partial charge < -0.3 is 34.8 Å². The van der Waals surface area contributed by atoms with Crippen LogP contribution in [-0.2, 0) is 20.7 Å². The van der Waals surface area contributed by atoms with E-state index in [0.717, 1.165) is 17.7 Å². The van der Waals surface area contributed by atoms with Gasteiger partial charge in [-0.15, -0.1) is 0 Å². The van der Waals surface area contributed by atoms with E-state index in [-0.39, 0.29) is 5.91 Å². The third kappa shape index (κ3) is 5.39. The third-order valence-corrected chi connectivity index (χ3v) is 4.30. The van der Waals surface area contributed by atoms with Gasteiger partial charge in [0.15, 0.2) is 6.29 Å². The summed E-state index contributed by atoms with van der Waals surface area (Å²) in [4.78, 5) is 11.4. The van der Waals surface area contributed by atoms with Gasteiger partial charge in [0.2, 0.25) is 5.91 Å². The summed E-state index contributed by atoms with van der Waals surface area (Å²) in [5.74, 6) is 0.417. The second-order valence-corrected chi connectivity index (χ2v) is 6.26. The average Bonchev–Trinajstić information content (AvgIpc) is 2.64. The van der Waals surface area contributed by atoms with Gasteiger partial charge in [-0.3, -0.25) is 4.79 Å². The number of aliphatic hydroxyl groups excluding tert-OH is 3. The molecule has 0 aromatic heterocycles. The Bertz CT molecular complexity index is 565. The molecule has 0 unspecified atom stereocenters. The molecular formula is C18H27NO7. The van der Waals surface area contributed by atoms with Gasteiger partial charge in [-0.1, -0.05) is 12.1 Å². The Morgan fingerprint density at radius 2 is 1.92 bits per heavy atom. The zero-order valence-electron chi connectivity index (χ0n) is 15.0. The molecule has 0 bridgehead atoms. The lowest BCUT2D eigenvalue weighted by atomic mass is 9.97. The molecule has 1 heterocycles. The number of hydrogen-bond donors (Lipinski definition) is 4. The molecule has 0 aliphatic carbocycles. The normalized spacial score (nSPS) is 28.6. The highest BCUT2D eigenvalue weighted by Gasteiger charge is 2.45. The van der Waals surface area contributed by atoms with E-state index >= 15 is 0 Å². The molecule has 5 atom stereocenters. The van der Waals surface area contributed by atoms with E-state index in [9.17, 15) is 20.1 Å². The van der Waals surface area contributed by atoms with Crippen molar-refractivity contribution >= 4 is 5.91 Å². The maximum absolute atomic E-state index is 11.4. The van der Waals surface area contributed by atoms with Crippen LogP contribution >= 0.6 is 0 Å². The van der Waals surface area contributed by atoms with E-state index in [1.165, 1.54) is 6.92 Å². The summed E-state index contributed by atoms with van der Waals surface area (Å²) < 4.78 is 16.3. The molecule has 1 amide bonds. The first-order valence-corrected chi connectivity index (χ1v) is 8.60. The number of benzene rings is 1. The quantitative estimate of drug-likeness (QED) is 0.460. The van der Waals surface area contributed by atoms with Crippen molar-refractivity contribution in [2.75, 3.05) is 20.3 Å². The van der Waals surface area contributed by atoms with Crippen LogP contribution in [0.2, 0.25) is 0 Å². The van der Waals surface area contributed by atoms with Crippen LogP contribution in [0, 0.1) is 0 Å². The molecule has 8 heteroatoms. The van der Waals surface area contributed by atoms with Gasteiger partial charge in [-0.05, 0) is 30.5 Å². The van der Waals surface area contributed by atoms with E-state index in [2.05, 4.69) is 5.32 Å². The molecule has 4 N–H and O–H groups in total. The number of rotatable bonds is 8. The molecule has 146 valence electrons. The van der Waals surface area contributed by atoms with E-state index in [1.54, 1.807) is 7.11 Å². The van der Waals surface area contributed by atoms with Gasteiger partial charge in [0.25, 0.3) is 0 Å². The van der Waals surface area contributed by atoms with Crippen LogP contribution in [0.1, 0.15) is 18.9 Å². The van der Waals surface area contributed by atoms with Crippen LogP contribution in [0.4, 0.5) is 0 Å². The minimum absolute atomic E-state index is 0.327. The van der Waals surface area contributed by atoms with Crippen molar-refractivity contribution in [2.45, 2.75) is 50.4 Å². The second kappa shape index (κ2) is 9.84. The minimum Gasteiger partial charge on any atom is -0.497 e. The fourth-order valence-corrected chi connectivity index (χ4v) is 2.88. The summed E-state index contributed by atoms with van der Waals surface area (Å²) in [6, 6.07) is 6.80. The zero-order chi connectivity index (χ0) is 19.1. The largest absolute Gasteiger partial charge is 0.497 e. The van der Waals surface area contributed by atoms with Gasteiger partial charge in [0.05, 0.1) is 20.3 Å². The van der Waals surface area contributed by atoms with Crippen molar-refractivity contribution in [1.82, 2.24) is 5.32 Å². The maximum Gasteiger partial charge on any atom is 0.217 e. The maximum atomic E-state index is 11.4. The standard InChI is InChI=1S/C18H27NO7/c1-11(21)19-15-17(23)16(22)14(10-20)26-18(15)25-9-3-4-12-5-7-13(24-2)8-6-12/h5-8,14-18,20,22-23H,3-4,9-10H2,1-2H3,(H,19,21)/t14-,15-,16-,17-,18-/m1/s1. The van der Waals surface area contributed by atoms with Crippen LogP contribution in [0.5, 0.6) is 5.75 Å². The number of aryl methyl sites for hydroxylation is 1. The molecule has 1 aromatic carbocycles. The van der Waals surface area contributed by atoms with Crippen molar-refractivity contribution in [2.24, 2.45) is 0 Å². The van der Waals surface area contributed by atoms with Crippen molar-refractivity contribution in [3.63, 3.8) is 0 Å². The van der Waals surface area contributed by atoms with Crippen LogP contribution in [-0.4, -0.2) is 72.2 Å². The molecule has 1 saturated heterocycles. The Morgan fingerprint density at radius 1 is 1.23 bits per heavy atom. The smallest absolute Gasteiger partial charge is 0.217 e. The summed E-state index contributed by atoms with van der Waals surface area (Å²) in [7, 11) is 1.61. The zero-order valence-corrected chi connectivity index (χ0v) is 15.0. The fourth-order valence-electron chi connectivity index (χ4n) is 2.88. The van der Waals surface area contributed by atoms with Crippen molar-refractivity contribution in [1.29, 1.82) is 0 Å². The molecule has 1 aliphatic rings. The Morgan fingerprint density at radius 3 is 2.50 bits per heavy atom. The number of amides is 1. The molecular weight excluding hydrogens is 342 g/mol. The van der Waals surface area contributed by atoms with Crippen molar-refractivity contribution in [3.8, 4) is 5.75 Å². The lowest BCUT2D eigenvalue weighted by Gasteiger charge is -2.42. The highest BCUT2D eigenvalue weighted by atomic mass is 16.7. The highest BCUT2D eigenvalue weighted by molar-refractivity contribution is 5.73. The van der Waals surface area contributed by atoms with Gasteiger partial charge in [0, 0.05) is 6.92 Å². The first kappa shape index (κ1) is 20.6. The van der Waals surface area contributed by atoms with Gasteiger partial charge in [-0.25, -0.2) is 0 Å². The number of aliphatic hydroxyl groups is 3. The molecule has 26 heavy (non-hydrogen) atoms. The second-order valence-electron chi connectivity index (χ2n) is 6.26. The van der Waals surface area contributed by atoms with E-state index in [1.807, 2.05) is 24.3 Å². The van der Waals surface area contributed by atoms with Gasteiger partial charge >= 0.3 is 0 Å². The summed E-state index contributed by atoms with van der Waals surface area (Å²) in [5, 5.41) is 32.0. The van der Waals surface area contributed by atoms with Crippen LogP contribution in [0.15, 0.2) is 24.3 Å². The molecule has 0 radical (unpaired) electrons. The molecule has 2 rings (SSSR count). The Labute approximate surface area is 152 Å². The lowest BCUT2D eigenvalue weighted by molar-refractivity contribution is -0.270. The average molecular weight is 369 g/mol. The van der Waals surface area contributed by atoms with Crippen molar-refractivity contribution < 1.29 is 34.3 Å². The summed E-state index contributed by atoms with van der Waals surface area (Å²) in [6.45, 7) is 1.17. The Kier molecular flexibility index (Phi) is 7.80. The molecule has 8 nitrogen and oxygen atoms in total. The van der Waals surface area contributed by atoms with Crippen LogP contribution in [0.25, 0.3) is 0 Å². The molecule has 1 aromatic rings. The predicted molar refractivity (Wildman–Crippen MR) is 92.6 cm³/mol. The topological polar surface area (TPSA) is 117 Å². The SMILES string of the molecule is COc1ccc(CCCO[C@@H]2O[C@H](CO)[C@@H](O)[C@H](O)[C@H]2NC(C)=O)cc1.